The number of nitrogens with zero attached hydrogens (tertiary/aromatic N) is 3. The maximum atomic E-state index is 12.7. The van der Waals surface area contributed by atoms with Crippen molar-refractivity contribution in [3.63, 3.8) is 0 Å². The second-order valence-corrected chi connectivity index (χ2v) is 8.80. The van der Waals surface area contributed by atoms with Crippen molar-refractivity contribution in [1.82, 2.24) is 14.8 Å². The number of anilines is 1. The van der Waals surface area contributed by atoms with Gasteiger partial charge in [-0.15, -0.1) is 5.10 Å². The summed E-state index contributed by atoms with van der Waals surface area (Å²) >= 11 is 0. The summed E-state index contributed by atoms with van der Waals surface area (Å²) in [7, 11) is -4.09. The molecule has 0 aliphatic rings. The summed E-state index contributed by atoms with van der Waals surface area (Å²) in [5.41, 5.74) is 1.17. The first-order valence-corrected chi connectivity index (χ1v) is 11.5. The molecule has 174 valence electrons. The van der Waals surface area contributed by atoms with Crippen molar-refractivity contribution in [2.45, 2.75) is 18.4 Å². The molecule has 0 aliphatic carbocycles. The highest BCUT2D eigenvalue weighted by atomic mass is 32.2. The molecule has 0 unspecified atom stereocenters. The van der Waals surface area contributed by atoms with E-state index in [1.807, 2.05) is 30.3 Å². The molecule has 11 heteroatoms. The van der Waals surface area contributed by atoms with Crippen molar-refractivity contribution in [2.75, 3.05) is 4.72 Å². The van der Waals surface area contributed by atoms with E-state index in [-0.39, 0.29) is 22.9 Å². The summed E-state index contributed by atoms with van der Waals surface area (Å²) in [6.07, 6.45) is 2.40. The summed E-state index contributed by atoms with van der Waals surface area (Å²) in [5, 5.41) is 13.1. The average molecular weight is 481 g/mol. The number of carbonyl (C=O) groups is 1. The van der Waals surface area contributed by atoms with E-state index in [1.165, 1.54) is 30.5 Å². The first-order valence-electron chi connectivity index (χ1n) is 9.99. The van der Waals surface area contributed by atoms with E-state index >= 15 is 0 Å². The van der Waals surface area contributed by atoms with Crippen LogP contribution in [0.3, 0.4) is 0 Å². The molecule has 0 aliphatic heterocycles. The molecule has 0 radical (unpaired) electrons. The molecule has 4 rings (SSSR count). The SMILES string of the molecule is C=Cn1cc(C(=O)O)c(NS(=O)(=O)c2ccc(OCc3nc(-c4ccccc4)oc3C)cc2)n1. The van der Waals surface area contributed by atoms with E-state index in [4.69, 9.17) is 9.15 Å². The molecule has 0 saturated heterocycles. The second-order valence-electron chi connectivity index (χ2n) is 7.11. The second kappa shape index (κ2) is 9.24. The van der Waals surface area contributed by atoms with Gasteiger partial charge in [-0.1, -0.05) is 24.8 Å². The molecule has 34 heavy (non-hydrogen) atoms. The minimum Gasteiger partial charge on any atom is -0.487 e. The number of ether oxygens (including phenoxy) is 1. The van der Waals surface area contributed by atoms with Crippen molar-refractivity contribution in [3.05, 3.63) is 84.4 Å². The molecule has 0 atom stereocenters. The quantitative estimate of drug-likeness (QED) is 0.366. The number of sulfonamides is 1. The number of aryl methyl sites for hydroxylation is 1. The van der Waals surface area contributed by atoms with Gasteiger partial charge in [-0.25, -0.2) is 22.9 Å². The number of aromatic carboxylic acids is 1. The molecule has 2 N–H and O–H groups in total. The maximum absolute atomic E-state index is 12.7. The van der Waals surface area contributed by atoms with Crippen LogP contribution in [-0.4, -0.2) is 34.3 Å². The number of hydrogen-bond donors (Lipinski definition) is 2. The number of benzene rings is 2. The molecule has 0 fully saturated rings. The number of hydrogen-bond acceptors (Lipinski definition) is 7. The fourth-order valence-corrected chi connectivity index (χ4v) is 4.05. The zero-order valence-corrected chi connectivity index (χ0v) is 18.8. The van der Waals surface area contributed by atoms with Gasteiger partial charge in [-0.2, -0.15) is 0 Å². The summed E-state index contributed by atoms with van der Waals surface area (Å²) in [4.78, 5) is 15.7. The van der Waals surface area contributed by atoms with Gasteiger partial charge in [-0.3, -0.25) is 4.72 Å². The molecule has 0 spiro atoms. The normalized spacial score (nSPS) is 11.2. The van der Waals surface area contributed by atoms with Crippen LogP contribution in [0.1, 0.15) is 21.8 Å². The average Bonchev–Trinajstić information content (AvgIpc) is 3.41. The van der Waals surface area contributed by atoms with Crippen molar-refractivity contribution in [1.29, 1.82) is 0 Å². The molecule has 0 bridgehead atoms. The van der Waals surface area contributed by atoms with Crippen molar-refractivity contribution < 1.29 is 27.5 Å². The van der Waals surface area contributed by atoms with Gasteiger partial charge < -0.3 is 14.3 Å². The Bertz CT molecular complexity index is 1440. The number of aromatic nitrogens is 3. The zero-order chi connectivity index (χ0) is 24.3. The van der Waals surface area contributed by atoms with Crippen LogP contribution in [0.2, 0.25) is 0 Å². The van der Waals surface area contributed by atoms with Gasteiger partial charge in [0.25, 0.3) is 10.0 Å². The summed E-state index contributed by atoms with van der Waals surface area (Å²) in [6, 6.07) is 15.1. The van der Waals surface area contributed by atoms with Crippen LogP contribution in [0, 0.1) is 6.92 Å². The fraction of sp³-hybridized carbons (Fsp3) is 0.0870. The predicted molar refractivity (Wildman–Crippen MR) is 124 cm³/mol. The number of oxazole rings is 1. The molecular weight excluding hydrogens is 460 g/mol. The van der Waals surface area contributed by atoms with Gasteiger partial charge in [0, 0.05) is 18.0 Å². The third-order valence-corrected chi connectivity index (χ3v) is 6.16. The lowest BCUT2D eigenvalue weighted by molar-refractivity contribution is 0.0698. The Morgan fingerprint density at radius 2 is 1.91 bits per heavy atom. The smallest absolute Gasteiger partial charge is 0.341 e. The lowest BCUT2D eigenvalue weighted by Crippen LogP contribution is -2.15. The van der Waals surface area contributed by atoms with Gasteiger partial charge in [0.2, 0.25) is 5.89 Å². The van der Waals surface area contributed by atoms with E-state index in [0.29, 0.717) is 23.1 Å². The standard InChI is InChI=1S/C23H20N4O6S/c1-3-27-13-19(23(28)29)21(25-27)26-34(30,31)18-11-9-17(10-12-18)32-14-20-15(2)33-22(24-20)16-7-5-4-6-8-16/h3-13H,1,14H2,2H3,(H,25,26)(H,28,29). The summed E-state index contributed by atoms with van der Waals surface area (Å²) in [6.45, 7) is 5.40. The molecule has 4 aromatic rings. The lowest BCUT2D eigenvalue weighted by Gasteiger charge is -2.08. The van der Waals surface area contributed by atoms with Crippen LogP contribution < -0.4 is 9.46 Å². The Labute approximate surface area is 195 Å². The highest BCUT2D eigenvalue weighted by Gasteiger charge is 2.22. The van der Waals surface area contributed by atoms with Gasteiger partial charge in [-0.05, 0) is 43.3 Å². The van der Waals surface area contributed by atoms with Crippen LogP contribution >= 0.6 is 0 Å². The molecule has 10 nitrogen and oxygen atoms in total. The minimum atomic E-state index is -4.09. The van der Waals surface area contributed by atoms with Crippen LogP contribution in [0.25, 0.3) is 17.7 Å². The predicted octanol–water partition coefficient (Wildman–Crippen LogP) is 4.03. The lowest BCUT2D eigenvalue weighted by atomic mass is 10.2. The minimum absolute atomic E-state index is 0.0895. The molecule has 2 aromatic heterocycles. The molecular formula is C23H20N4O6S. The van der Waals surface area contributed by atoms with Crippen LogP contribution in [-0.2, 0) is 16.6 Å². The number of carboxylic acids is 1. The Balaban J connectivity index is 1.45. The zero-order valence-electron chi connectivity index (χ0n) is 18.0. The molecule has 2 aromatic carbocycles. The van der Waals surface area contributed by atoms with Crippen molar-refractivity contribution in [2.24, 2.45) is 0 Å². The Hall–Kier alpha value is -4.38. The summed E-state index contributed by atoms with van der Waals surface area (Å²) < 4.78 is 40.1. The Kier molecular flexibility index (Phi) is 6.19. The highest BCUT2D eigenvalue weighted by molar-refractivity contribution is 7.92. The van der Waals surface area contributed by atoms with Gasteiger partial charge in [0.1, 0.15) is 29.4 Å². The van der Waals surface area contributed by atoms with Gasteiger partial charge in [0.05, 0.1) is 4.90 Å². The largest absolute Gasteiger partial charge is 0.487 e. The van der Waals surface area contributed by atoms with Gasteiger partial charge >= 0.3 is 5.97 Å². The van der Waals surface area contributed by atoms with Crippen molar-refractivity contribution in [3.8, 4) is 17.2 Å². The number of rotatable bonds is 9. The van der Waals surface area contributed by atoms with E-state index < -0.39 is 16.0 Å². The first kappa shape index (κ1) is 22.8. The van der Waals surface area contributed by atoms with E-state index in [1.54, 1.807) is 6.92 Å². The van der Waals surface area contributed by atoms with Crippen LogP contribution in [0.5, 0.6) is 5.75 Å². The van der Waals surface area contributed by atoms with Crippen LogP contribution in [0.4, 0.5) is 5.82 Å². The Morgan fingerprint density at radius 3 is 2.56 bits per heavy atom. The third kappa shape index (κ3) is 4.84. The van der Waals surface area contributed by atoms with E-state index in [0.717, 1.165) is 16.4 Å². The number of nitrogens with one attached hydrogen (secondary N) is 1. The molecule has 2 heterocycles. The van der Waals surface area contributed by atoms with E-state index in [2.05, 4.69) is 21.4 Å². The monoisotopic (exact) mass is 480 g/mol. The van der Waals surface area contributed by atoms with E-state index in [9.17, 15) is 18.3 Å². The maximum Gasteiger partial charge on any atom is 0.341 e. The highest BCUT2D eigenvalue weighted by Crippen LogP contribution is 2.24. The van der Waals surface area contributed by atoms with Gasteiger partial charge in [0.15, 0.2) is 5.82 Å². The first-order chi connectivity index (χ1) is 16.3. The molecule has 0 saturated carbocycles. The number of carboxylic acid groups (broad SMARTS) is 1. The van der Waals surface area contributed by atoms with Crippen LogP contribution in [0.15, 0.2) is 76.7 Å². The fourth-order valence-electron chi connectivity index (χ4n) is 3.04. The topological polar surface area (TPSA) is 137 Å². The summed E-state index contributed by atoms with van der Waals surface area (Å²) in [5.74, 6) is -0.111. The third-order valence-electron chi connectivity index (χ3n) is 4.80. The Morgan fingerprint density at radius 1 is 1.21 bits per heavy atom. The van der Waals surface area contributed by atoms with Crippen molar-refractivity contribution >= 4 is 28.0 Å². The molecule has 0 amide bonds.